The molecular formula is C14H13BrClN3S. The van der Waals surface area contributed by atoms with Gasteiger partial charge in [0.05, 0.1) is 19.1 Å². The van der Waals surface area contributed by atoms with Gasteiger partial charge in [-0.25, -0.2) is 0 Å². The molecule has 0 saturated heterocycles. The van der Waals surface area contributed by atoms with Crippen molar-refractivity contribution in [2.75, 3.05) is 6.54 Å². The number of guanidine groups is 1. The lowest BCUT2D eigenvalue weighted by molar-refractivity contribution is 0.343. The minimum atomic E-state index is 0.0992. The van der Waals surface area contributed by atoms with Crippen molar-refractivity contribution in [1.82, 2.24) is 4.90 Å². The molecule has 2 aromatic rings. The number of rotatable bonds is 3. The highest BCUT2D eigenvalue weighted by atomic mass is 79.9. The number of thiophene rings is 1. The van der Waals surface area contributed by atoms with Gasteiger partial charge in [-0.2, -0.15) is 0 Å². The molecule has 1 aromatic heterocycles. The summed E-state index contributed by atoms with van der Waals surface area (Å²) in [5.74, 6) is 0.583. The van der Waals surface area contributed by atoms with E-state index in [9.17, 15) is 0 Å². The molecule has 0 amide bonds. The number of nitrogens with zero attached hydrogens (tertiary/aromatic N) is 2. The molecule has 3 nitrogen and oxygen atoms in total. The molecule has 104 valence electrons. The summed E-state index contributed by atoms with van der Waals surface area (Å²) < 4.78 is 1.01. The Morgan fingerprint density at radius 1 is 1.45 bits per heavy atom. The summed E-state index contributed by atoms with van der Waals surface area (Å²) in [4.78, 5) is 7.75. The standard InChI is InChI=1S/C14H13BrClN3S/c15-9-3-4-12(16)11(6-9)13-7-18-14(17)19(13)8-10-2-1-5-20-10/h1-6,13H,7-8H2,(H2,17,18). The Bertz CT molecular complexity index is 642. The van der Waals surface area contributed by atoms with Gasteiger partial charge in [-0.15, -0.1) is 11.3 Å². The van der Waals surface area contributed by atoms with E-state index >= 15 is 0 Å². The molecule has 6 heteroatoms. The number of hydrogen-bond acceptors (Lipinski definition) is 4. The lowest BCUT2D eigenvalue weighted by atomic mass is 10.1. The first-order valence-electron chi connectivity index (χ1n) is 6.19. The highest BCUT2D eigenvalue weighted by Gasteiger charge is 2.29. The van der Waals surface area contributed by atoms with Crippen molar-refractivity contribution in [1.29, 1.82) is 0 Å². The minimum absolute atomic E-state index is 0.0992. The molecule has 0 radical (unpaired) electrons. The Morgan fingerprint density at radius 2 is 2.30 bits per heavy atom. The van der Waals surface area contributed by atoms with Crippen LogP contribution in [0.2, 0.25) is 5.02 Å². The third-order valence-corrected chi connectivity index (χ3v) is 5.02. The topological polar surface area (TPSA) is 41.6 Å². The molecule has 2 heterocycles. The van der Waals surface area contributed by atoms with Gasteiger partial charge >= 0.3 is 0 Å². The Kier molecular flexibility index (Phi) is 4.01. The maximum atomic E-state index is 6.33. The van der Waals surface area contributed by atoms with E-state index in [1.54, 1.807) is 11.3 Å². The second kappa shape index (κ2) is 5.76. The van der Waals surface area contributed by atoms with E-state index in [4.69, 9.17) is 17.3 Å². The summed E-state index contributed by atoms with van der Waals surface area (Å²) in [5.41, 5.74) is 7.09. The molecule has 0 spiro atoms. The van der Waals surface area contributed by atoms with E-state index in [-0.39, 0.29) is 6.04 Å². The first kappa shape index (κ1) is 13.9. The van der Waals surface area contributed by atoms with Gasteiger partial charge in [0, 0.05) is 14.4 Å². The van der Waals surface area contributed by atoms with Crippen LogP contribution in [-0.4, -0.2) is 17.4 Å². The van der Waals surface area contributed by atoms with Gasteiger partial charge in [-0.05, 0) is 35.2 Å². The van der Waals surface area contributed by atoms with Crippen molar-refractivity contribution >= 4 is 44.8 Å². The predicted octanol–water partition coefficient (Wildman–Crippen LogP) is 4.04. The monoisotopic (exact) mass is 369 g/mol. The summed E-state index contributed by atoms with van der Waals surface area (Å²) in [6.45, 7) is 1.41. The summed E-state index contributed by atoms with van der Waals surface area (Å²) in [5, 5.41) is 2.82. The molecule has 0 bridgehead atoms. The molecule has 2 N–H and O–H groups in total. The maximum Gasteiger partial charge on any atom is 0.192 e. The average Bonchev–Trinajstić information content (AvgIpc) is 3.05. The number of halogens is 2. The Labute approximate surface area is 135 Å². The van der Waals surface area contributed by atoms with Crippen molar-refractivity contribution in [2.24, 2.45) is 10.7 Å². The van der Waals surface area contributed by atoms with E-state index in [0.29, 0.717) is 12.5 Å². The summed E-state index contributed by atoms with van der Waals surface area (Å²) in [6, 6.07) is 10.1. The summed E-state index contributed by atoms with van der Waals surface area (Å²) in [7, 11) is 0. The second-order valence-electron chi connectivity index (χ2n) is 4.59. The molecule has 20 heavy (non-hydrogen) atoms. The Morgan fingerprint density at radius 3 is 3.05 bits per heavy atom. The quantitative estimate of drug-likeness (QED) is 0.886. The van der Waals surface area contributed by atoms with Gasteiger partial charge in [-0.3, -0.25) is 4.99 Å². The van der Waals surface area contributed by atoms with Crippen LogP contribution in [0.5, 0.6) is 0 Å². The van der Waals surface area contributed by atoms with Crippen LogP contribution in [-0.2, 0) is 6.54 Å². The van der Waals surface area contributed by atoms with Gasteiger partial charge in [0.1, 0.15) is 0 Å². The van der Waals surface area contributed by atoms with Crippen molar-refractivity contribution in [3.8, 4) is 0 Å². The normalized spacial score (nSPS) is 18.4. The van der Waals surface area contributed by atoms with Crippen LogP contribution >= 0.6 is 38.9 Å². The fraction of sp³-hybridized carbons (Fsp3) is 0.214. The fourth-order valence-electron chi connectivity index (χ4n) is 2.33. The lowest BCUT2D eigenvalue weighted by Crippen LogP contribution is -2.35. The van der Waals surface area contributed by atoms with E-state index in [0.717, 1.165) is 21.6 Å². The Balaban J connectivity index is 1.90. The van der Waals surface area contributed by atoms with Gasteiger partial charge in [0.15, 0.2) is 5.96 Å². The molecule has 1 aliphatic rings. The van der Waals surface area contributed by atoms with E-state index in [1.165, 1.54) is 4.88 Å². The van der Waals surface area contributed by atoms with Crippen LogP contribution in [0.4, 0.5) is 0 Å². The number of aliphatic imine (C=N–C) groups is 1. The molecule has 1 atom stereocenters. The fourth-order valence-corrected chi connectivity index (χ4v) is 3.65. The smallest absolute Gasteiger partial charge is 0.192 e. The highest BCUT2D eigenvalue weighted by molar-refractivity contribution is 9.10. The number of hydrogen-bond donors (Lipinski definition) is 1. The largest absolute Gasteiger partial charge is 0.370 e. The van der Waals surface area contributed by atoms with E-state index < -0.39 is 0 Å². The van der Waals surface area contributed by atoms with Crippen LogP contribution < -0.4 is 5.73 Å². The predicted molar refractivity (Wildman–Crippen MR) is 88.2 cm³/mol. The lowest BCUT2D eigenvalue weighted by Gasteiger charge is -2.26. The van der Waals surface area contributed by atoms with E-state index in [2.05, 4.69) is 37.3 Å². The summed E-state index contributed by atoms with van der Waals surface area (Å²) >= 11 is 11.6. The first-order chi connectivity index (χ1) is 9.65. The van der Waals surface area contributed by atoms with Gasteiger partial charge in [0.25, 0.3) is 0 Å². The molecule has 1 aliphatic heterocycles. The molecule has 0 aliphatic carbocycles. The van der Waals surface area contributed by atoms with Crippen LogP contribution in [0, 0.1) is 0 Å². The minimum Gasteiger partial charge on any atom is -0.370 e. The molecule has 1 aromatic carbocycles. The van der Waals surface area contributed by atoms with Crippen LogP contribution in [0.3, 0.4) is 0 Å². The zero-order valence-corrected chi connectivity index (χ0v) is 13.8. The van der Waals surface area contributed by atoms with Crippen molar-refractivity contribution in [3.05, 3.63) is 55.6 Å². The molecule has 0 saturated carbocycles. The molecule has 1 unspecified atom stereocenters. The van der Waals surface area contributed by atoms with Gasteiger partial charge < -0.3 is 10.6 Å². The van der Waals surface area contributed by atoms with Crippen LogP contribution in [0.25, 0.3) is 0 Å². The molecular weight excluding hydrogens is 358 g/mol. The highest BCUT2D eigenvalue weighted by Crippen LogP contribution is 2.34. The second-order valence-corrected chi connectivity index (χ2v) is 6.94. The van der Waals surface area contributed by atoms with Crippen molar-refractivity contribution in [3.63, 3.8) is 0 Å². The third kappa shape index (κ3) is 2.71. The van der Waals surface area contributed by atoms with Gasteiger partial charge in [-0.1, -0.05) is 33.6 Å². The SMILES string of the molecule is NC1=NCC(c2cc(Br)ccc2Cl)N1Cc1cccs1. The zero-order valence-electron chi connectivity index (χ0n) is 10.6. The average molecular weight is 371 g/mol. The third-order valence-electron chi connectivity index (χ3n) is 3.32. The summed E-state index contributed by atoms with van der Waals surface area (Å²) in [6.07, 6.45) is 0. The van der Waals surface area contributed by atoms with Gasteiger partial charge in [0.2, 0.25) is 0 Å². The first-order valence-corrected chi connectivity index (χ1v) is 8.24. The zero-order chi connectivity index (χ0) is 14.1. The van der Waals surface area contributed by atoms with Crippen molar-refractivity contribution in [2.45, 2.75) is 12.6 Å². The maximum absolute atomic E-state index is 6.33. The molecule has 0 fully saturated rings. The van der Waals surface area contributed by atoms with Crippen molar-refractivity contribution < 1.29 is 0 Å². The van der Waals surface area contributed by atoms with Crippen LogP contribution in [0.15, 0.2) is 45.2 Å². The number of nitrogens with two attached hydrogens (primary N) is 1. The van der Waals surface area contributed by atoms with Crippen LogP contribution in [0.1, 0.15) is 16.5 Å². The van der Waals surface area contributed by atoms with E-state index in [1.807, 2.05) is 24.3 Å². The number of benzene rings is 1. The molecule has 3 rings (SSSR count). The Hall–Kier alpha value is -1.04.